The highest BCUT2D eigenvalue weighted by Crippen LogP contribution is 2.20. The van der Waals surface area contributed by atoms with Crippen LogP contribution in [-0.2, 0) is 24.1 Å². The van der Waals surface area contributed by atoms with Crippen molar-refractivity contribution in [1.29, 1.82) is 0 Å². The second-order valence-electron chi connectivity index (χ2n) is 3.98. The van der Waals surface area contributed by atoms with Crippen LogP contribution in [0.4, 0.5) is 0 Å². The van der Waals surface area contributed by atoms with E-state index in [9.17, 15) is 28.5 Å². The third-order valence-corrected chi connectivity index (χ3v) is 2.91. The first-order chi connectivity index (χ1) is 8.61. The van der Waals surface area contributed by atoms with Crippen LogP contribution >= 0.6 is 0 Å². The number of amides is 1. The van der Waals surface area contributed by atoms with E-state index in [1.165, 1.54) is 0 Å². The van der Waals surface area contributed by atoms with E-state index in [-0.39, 0.29) is 0 Å². The van der Waals surface area contributed by atoms with Gasteiger partial charge in [0.1, 0.15) is 24.4 Å². The molecule has 1 heterocycles. The molecular formula is C8H15NO9S. The van der Waals surface area contributed by atoms with Crippen LogP contribution in [0.15, 0.2) is 0 Å². The SMILES string of the molecule is CC(=O)NC1[C@H](O)OC(COS(=O)(=O)O)[C@@H](O)[C@@H]1O. The summed E-state index contributed by atoms with van der Waals surface area (Å²) in [5.74, 6) is -0.563. The molecule has 2 unspecified atom stereocenters. The first-order valence-corrected chi connectivity index (χ1v) is 6.57. The lowest BCUT2D eigenvalue weighted by Crippen LogP contribution is -2.64. The summed E-state index contributed by atoms with van der Waals surface area (Å²) in [5, 5.41) is 31.0. The van der Waals surface area contributed by atoms with Crippen LogP contribution in [0.5, 0.6) is 0 Å². The van der Waals surface area contributed by atoms with E-state index < -0.39 is 53.6 Å². The molecule has 0 spiro atoms. The molecule has 0 saturated carbocycles. The van der Waals surface area contributed by atoms with Crippen LogP contribution in [-0.4, -0.2) is 71.4 Å². The van der Waals surface area contributed by atoms with Crippen molar-refractivity contribution in [2.75, 3.05) is 6.61 Å². The van der Waals surface area contributed by atoms with Crippen molar-refractivity contribution in [1.82, 2.24) is 5.32 Å². The summed E-state index contributed by atoms with van der Waals surface area (Å²) in [7, 11) is -4.74. The fourth-order valence-corrected chi connectivity index (χ4v) is 1.93. The molecule has 10 nitrogen and oxygen atoms in total. The van der Waals surface area contributed by atoms with Crippen LogP contribution < -0.4 is 5.32 Å². The van der Waals surface area contributed by atoms with Crippen molar-refractivity contribution < 1.29 is 42.0 Å². The van der Waals surface area contributed by atoms with Crippen molar-refractivity contribution in [3.05, 3.63) is 0 Å². The molecule has 112 valence electrons. The minimum absolute atomic E-state index is 0.563. The molecule has 0 aromatic heterocycles. The molecule has 5 atom stereocenters. The van der Waals surface area contributed by atoms with Crippen molar-refractivity contribution in [2.45, 2.75) is 37.6 Å². The van der Waals surface area contributed by atoms with Gasteiger partial charge in [0.2, 0.25) is 5.91 Å². The molecule has 0 bridgehead atoms. The summed E-state index contributed by atoms with van der Waals surface area (Å²) >= 11 is 0. The second kappa shape index (κ2) is 6.09. The third kappa shape index (κ3) is 4.65. The van der Waals surface area contributed by atoms with E-state index in [0.717, 1.165) is 6.92 Å². The molecule has 0 aliphatic carbocycles. The van der Waals surface area contributed by atoms with Crippen molar-refractivity contribution in [3.63, 3.8) is 0 Å². The highest BCUT2D eigenvalue weighted by atomic mass is 32.3. The van der Waals surface area contributed by atoms with E-state index in [0.29, 0.717) is 0 Å². The Balaban J connectivity index is 2.69. The Morgan fingerprint density at radius 3 is 2.37 bits per heavy atom. The van der Waals surface area contributed by atoms with Gasteiger partial charge in [0.25, 0.3) is 0 Å². The van der Waals surface area contributed by atoms with Gasteiger partial charge in [0.15, 0.2) is 6.29 Å². The Bertz CT molecular complexity index is 424. The van der Waals surface area contributed by atoms with E-state index >= 15 is 0 Å². The number of ether oxygens (including phenoxy) is 1. The predicted molar refractivity (Wildman–Crippen MR) is 58.0 cm³/mol. The molecule has 19 heavy (non-hydrogen) atoms. The molecule has 1 rings (SSSR count). The smallest absolute Gasteiger partial charge is 0.388 e. The molecular weight excluding hydrogens is 286 g/mol. The lowest BCUT2D eigenvalue weighted by Gasteiger charge is -2.40. The highest BCUT2D eigenvalue weighted by molar-refractivity contribution is 7.80. The molecule has 0 aromatic rings. The van der Waals surface area contributed by atoms with Crippen LogP contribution in [0, 0.1) is 0 Å². The van der Waals surface area contributed by atoms with E-state index in [1.54, 1.807) is 0 Å². The Morgan fingerprint density at radius 2 is 1.89 bits per heavy atom. The van der Waals surface area contributed by atoms with Gasteiger partial charge >= 0.3 is 10.4 Å². The monoisotopic (exact) mass is 301 g/mol. The number of hydrogen-bond donors (Lipinski definition) is 5. The Hall–Kier alpha value is -0.820. The topological polar surface area (TPSA) is 163 Å². The molecule has 5 N–H and O–H groups in total. The lowest BCUT2D eigenvalue weighted by molar-refractivity contribution is -0.252. The van der Waals surface area contributed by atoms with Gasteiger partial charge in [-0.2, -0.15) is 8.42 Å². The first-order valence-electron chi connectivity index (χ1n) is 5.20. The second-order valence-corrected chi connectivity index (χ2v) is 5.08. The Kier molecular flexibility index (Phi) is 5.20. The Morgan fingerprint density at radius 1 is 1.32 bits per heavy atom. The maximum atomic E-state index is 10.8. The molecule has 1 aliphatic rings. The van der Waals surface area contributed by atoms with E-state index in [2.05, 4.69) is 9.50 Å². The van der Waals surface area contributed by atoms with Crippen molar-refractivity contribution in [2.24, 2.45) is 0 Å². The first kappa shape index (κ1) is 16.2. The predicted octanol–water partition coefficient (Wildman–Crippen LogP) is -3.25. The summed E-state index contributed by atoms with van der Waals surface area (Å²) in [6.07, 6.45) is -6.28. The highest BCUT2D eigenvalue weighted by Gasteiger charge is 2.44. The van der Waals surface area contributed by atoms with Gasteiger partial charge in [0, 0.05) is 6.92 Å². The van der Waals surface area contributed by atoms with E-state index in [4.69, 9.17) is 9.29 Å². The summed E-state index contributed by atoms with van der Waals surface area (Å²) in [5.41, 5.74) is 0. The normalized spacial score (nSPS) is 35.9. The summed E-state index contributed by atoms with van der Waals surface area (Å²) in [6.45, 7) is 0.334. The minimum Gasteiger partial charge on any atom is -0.388 e. The minimum atomic E-state index is -4.74. The molecule has 1 amide bonds. The number of carbonyl (C=O) groups excluding carboxylic acids is 1. The standard InChI is InChI=1S/C8H15NO9S/c1-3(10)9-5-7(12)6(11)4(18-8(5)13)2-17-19(14,15)16/h4-8,11-13H,2H2,1H3,(H,9,10)(H,14,15,16)/t4?,5?,6-,7-,8-/m1/s1. The van der Waals surface area contributed by atoms with Gasteiger partial charge in [-0.1, -0.05) is 0 Å². The van der Waals surface area contributed by atoms with Crippen molar-refractivity contribution >= 4 is 16.3 Å². The van der Waals surface area contributed by atoms with Crippen LogP contribution in [0.25, 0.3) is 0 Å². The number of carbonyl (C=O) groups is 1. The maximum absolute atomic E-state index is 10.8. The van der Waals surface area contributed by atoms with Gasteiger partial charge in [-0.3, -0.25) is 9.35 Å². The van der Waals surface area contributed by atoms with Gasteiger partial charge in [-0.25, -0.2) is 4.18 Å². The average molecular weight is 301 g/mol. The lowest BCUT2D eigenvalue weighted by atomic mass is 9.97. The molecule has 0 radical (unpaired) electrons. The average Bonchev–Trinajstić information content (AvgIpc) is 2.26. The number of hydrogen-bond acceptors (Lipinski definition) is 8. The molecule has 1 saturated heterocycles. The zero-order valence-electron chi connectivity index (χ0n) is 9.83. The molecule has 1 fully saturated rings. The van der Waals surface area contributed by atoms with Crippen LogP contribution in [0.1, 0.15) is 6.92 Å². The van der Waals surface area contributed by atoms with Gasteiger partial charge in [-0.15, -0.1) is 0 Å². The zero-order valence-corrected chi connectivity index (χ0v) is 10.6. The summed E-state index contributed by atoms with van der Waals surface area (Å²) in [4.78, 5) is 10.8. The zero-order chi connectivity index (χ0) is 14.8. The summed E-state index contributed by atoms with van der Waals surface area (Å²) < 4.78 is 37.9. The quantitative estimate of drug-likeness (QED) is 0.335. The number of aliphatic hydroxyl groups is 3. The van der Waals surface area contributed by atoms with Crippen LogP contribution in [0.2, 0.25) is 0 Å². The maximum Gasteiger partial charge on any atom is 0.397 e. The number of rotatable bonds is 4. The molecule has 11 heteroatoms. The van der Waals surface area contributed by atoms with Gasteiger partial charge in [0.05, 0.1) is 6.61 Å². The molecule has 0 aromatic carbocycles. The largest absolute Gasteiger partial charge is 0.397 e. The third-order valence-electron chi connectivity index (χ3n) is 2.47. The molecule has 1 aliphatic heterocycles. The number of nitrogens with one attached hydrogen (secondary N) is 1. The van der Waals surface area contributed by atoms with Crippen LogP contribution in [0.3, 0.4) is 0 Å². The van der Waals surface area contributed by atoms with Gasteiger partial charge < -0.3 is 25.4 Å². The fourth-order valence-electron chi connectivity index (χ4n) is 1.63. The fraction of sp³-hybridized carbons (Fsp3) is 0.875. The van der Waals surface area contributed by atoms with E-state index in [1.807, 2.05) is 0 Å². The van der Waals surface area contributed by atoms with Crippen molar-refractivity contribution in [3.8, 4) is 0 Å². The number of aliphatic hydroxyl groups excluding tert-OH is 3. The summed E-state index contributed by atoms with van der Waals surface area (Å²) in [6, 6.07) is -1.27. The van der Waals surface area contributed by atoms with Gasteiger partial charge in [-0.05, 0) is 0 Å². The Labute approximate surface area is 108 Å².